The van der Waals surface area contributed by atoms with Crippen LogP contribution >= 0.6 is 0 Å². The van der Waals surface area contributed by atoms with E-state index in [-0.39, 0.29) is 17.7 Å². The van der Waals surface area contributed by atoms with E-state index in [1.165, 1.54) is 36.4 Å². The summed E-state index contributed by atoms with van der Waals surface area (Å²) < 4.78 is 68.7. The smallest absolute Gasteiger partial charge is 0.358 e. The fraction of sp³-hybridized carbons (Fsp3) is 0.120. The third-order valence-corrected chi connectivity index (χ3v) is 5.39. The first kappa shape index (κ1) is 23.9. The van der Waals surface area contributed by atoms with Crippen LogP contribution in [0.5, 0.6) is 0 Å². The molecule has 35 heavy (non-hydrogen) atoms. The van der Waals surface area contributed by atoms with Crippen LogP contribution in [0.1, 0.15) is 27.2 Å². The highest BCUT2D eigenvalue weighted by Gasteiger charge is 2.34. The summed E-state index contributed by atoms with van der Waals surface area (Å²) in [6.07, 6.45) is -5.15. The number of carbonyl (C=O) groups excluding carboxylic acids is 2. The lowest BCUT2D eigenvalue weighted by molar-refractivity contribution is -0.136. The molecule has 10 heteroatoms. The van der Waals surface area contributed by atoms with Gasteiger partial charge in [0.25, 0.3) is 5.91 Å². The number of hydrogen-bond acceptors (Lipinski definition) is 2. The van der Waals surface area contributed by atoms with Crippen molar-refractivity contribution in [2.45, 2.75) is 19.5 Å². The number of aromatic amines is 1. The molecular weight excluding hydrogens is 469 g/mol. The van der Waals surface area contributed by atoms with Gasteiger partial charge in [-0.15, -0.1) is 0 Å². The van der Waals surface area contributed by atoms with Crippen LogP contribution in [0.4, 0.5) is 33.3 Å². The largest absolute Gasteiger partial charge is 0.418 e. The maximum atomic E-state index is 13.8. The summed E-state index contributed by atoms with van der Waals surface area (Å²) in [5, 5.41) is 4.93. The number of fused-ring (bicyclic) bond motifs is 1. The fourth-order valence-electron chi connectivity index (χ4n) is 3.75. The van der Waals surface area contributed by atoms with Crippen LogP contribution in [0.15, 0.2) is 60.7 Å². The Morgan fingerprint density at radius 2 is 1.69 bits per heavy atom. The van der Waals surface area contributed by atoms with E-state index in [2.05, 4.69) is 15.6 Å². The van der Waals surface area contributed by atoms with Crippen LogP contribution in [0.25, 0.3) is 10.9 Å². The first-order valence-corrected chi connectivity index (χ1v) is 10.4. The normalized spacial score (nSPS) is 11.5. The van der Waals surface area contributed by atoms with E-state index in [9.17, 15) is 31.5 Å². The summed E-state index contributed by atoms with van der Waals surface area (Å²) in [5.74, 6) is -3.00. The Hall–Kier alpha value is -4.21. The van der Waals surface area contributed by atoms with E-state index in [4.69, 9.17) is 0 Å². The zero-order chi connectivity index (χ0) is 25.3. The van der Waals surface area contributed by atoms with Crippen molar-refractivity contribution < 1.29 is 31.5 Å². The van der Waals surface area contributed by atoms with Gasteiger partial charge in [0, 0.05) is 22.3 Å². The van der Waals surface area contributed by atoms with Crippen molar-refractivity contribution in [2.24, 2.45) is 0 Å². The molecule has 3 N–H and O–H groups in total. The van der Waals surface area contributed by atoms with Crippen molar-refractivity contribution in [1.29, 1.82) is 0 Å². The maximum Gasteiger partial charge on any atom is 0.418 e. The van der Waals surface area contributed by atoms with Crippen LogP contribution < -0.4 is 10.6 Å². The lowest BCUT2D eigenvalue weighted by Gasteiger charge is -2.16. The number of aryl methyl sites for hydroxylation is 1. The number of H-pyrrole nitrogens is 1. The molecule has 4 rings (SSSR count). The van der Waals surface area contributed by atoms with Gasteiger partial charge >= 0.3 is 6.18 Å². The number of amides is 2. The number of alkyl halides is 3. The Bertz CT molecular complexity index is 1440. The number of hydrogen-bond donors (Lipinski definition) is 3. The second-order valence-corrected chi connectivity index (χ2v) is 7.84. The van der Waals surface area contributed by atoms with Gasteiger partial charge in [-0.05, 0) is 61.0 Å². The number of anilines is 2. The lowest BCUT2D eigenvalue weighted by atomic mass is 10.1. The molecule has 0 fully saturated rings. The van der Waals surface area contributed by atoms with E-state index in [1.807, 2.05) is 0 Å². The Balaban J connectivity index is 1.57. The summed E-state index contributed by atoms with van der Waals surface area (Å²) in [5.41, 5.74) is -0.635. The van der Waals surface area contributed by atoms with Gasteiger partial charge in [0.15, 0.2) is 0 Å². The van der Waals surface area contributed by atoms with Crippen molar-refractivity contribution in [3.63, 3.8) is 0 Å². The van der Waals surface area contributed by atoms with Gasteiger partial charge < -0.3 is 15.6 Å². The van der Waals surface area contributed by atoms with Gasteiger partial charge in [-0.3, -0.25) is 9.59 Å². The summed E-state index contributed by atoms with van der Waals surface area (Å²) in [4.78, 5) is 27.9. The van der Waals surface area contributed by atoms with Gasteiger partial charge in [-0.25, -0.2) is 8.78 Å². The first-order chi connectivity index (χ1) is 16.5. The lowest BCUT2D eigenvalue weighted by Crippen LogP contribution is -2.19. The van der Waals surface area contributed by atoms with Crippen molar-refractivity contribution >= 4 is 34.1 Å². The van der Waals surface area contributed by atoms with Crippen LogP contribution in [0, 0.1) is 18.6 Å². The summed E-state index contributed by atoms with van der Waals surface area (Å²) in [6.45, 7) is 1.68. The van der Waals surface area contributed by atoms with Gasteiger partial charge in [0.2, 0.25) is 5.91 Å². The van der Waals surface area contributed by atoms with E-state index >= 15 is 0 Å². The molecule has 0 saturated carbocycles. The number of benzene rings is 3. The summed E-state index contributed by atoms with van der Waals surface area (Å²) in [7, 11) is 0. The standard InChI is InChI=1S/C25H18F5N3O2/c1-13-17(18-10-14(26)6-8-21(18)31-13)12-23(34)33-22-9-7-15(11-19(22)25(28,29)30)32-24(35)16-4-2-3-5-20(16)27/h2-11,31H,12H2,1H3,(H,32,35)(H,33,34). The molecule has 0 aliphatic heterocycles. The molecule has 0 saturated heterocycles. The Kier molecular flexibility index (Phi) is 6.29. The molecule has 0 radical (unpaired) electrons. The first-order valence-electron chi connectivity index (χ1n) is 10.4. The zero-order valence-corrected chi connectivity index (χ0v) is 18.2. The van der Waals surface area contributed by atoms with Crippen molar-refractivity contribution in [2.75, 3.05) is 10.6 Å². The second-order valence-electron chi connectivity index (χ2n) is 7.84. The topological polar surface area (TPSA) is 74.0 Å². The zero-order valence-electron chi connectivity index (χ0n) is 18.2. The average Bonchev–Trinajstić information content (AvgIpc) is 3.08. The molecule has 0 spiro atoms. The Labute approximate surface area is 196 Å². The van der Waals surface area contributed by atoms with Crippen LogP contribution in [0.2, 0.25) is 0 Å². The molecule has 2 amide bonds. The van der Waals surface area contributed by atoms with Gasteiger partial charge in [-0.1, -0.05) is 12.1 Å². The third-order valence-electron chi connectivity index (χ3n) is 5.39. The van der Waals surface area contributed by atoms with E-state index in [0.717, 1.165) is 18.2 Å². The van der Waals surface area contributed by atoms with E-state index in [1.54, 1.807) is 6.92 Å². The highest BCUT2D eigenvalue weighted by molar-refractivity contribution is 6.05. The Morgan fingerprint density at radius 3 is 2.40 bits per heavy atom. The van der Waals surface area contributed by atoms with Gasteiger partial charge in [0.1, 0.15) is 11.6 Å². The average molecular weight is 487 g/mol. The van der Waals surface area contributed by atoms with Gasteiger partial charge in [0.05, 0.1) is 23.2 Å². The number of carbonyl (C=O) groups is 2. The molecule has 0 atom stereocenters. The van der Waals surface area contributed by atoms with Crippen LogP contribution in [-0.4, -0.2) is 16.8 Å². The molecule has 3 aromatic carbocycles. The minimum atomic E-state index is -4.86. The predicted octanol–water partition coefficient (Wildman–Crippen LogP) is 6.21. The SMILES string of the molecule is Cc1[nH]c2ccc(F)cc2c1CC(=O)Nc1ccc(NC(=O)c2ccccc2F)cc1C(F)(F)F. The van der Waals surface area contributed by atoms with Gasteiger partial charge in [-0.2, -0.15) is 13.2 Å². The van der Waals surface area contributed by atoms with Crippen molar-refractivity contribution in [3.8, 4) is 0 Å². The fourth-order valence-corrected chi connectivity index (χ4v) is 3.75. The molecule has 1 aromatic heterocycles. The van der Waals surface area contributed by atoms with Crippen LogP contribution in [0.3, 0.4) is 0 Å². The highest BCUT2D eigenvalue weighted by Crippen LogP contribution is 2.37. The highest BCUT2D eigenvalue weighted by atomic mass is 19.4. The van der Waals surface area contributed by atoms with Crippen molar-refractivity contribution in [3.05, 3.63) is 94.7 Å². The molecule has 0 bridgehead atoms. The molecule has 4 aromatic rings. The monoisotopic (exact) mass is 487 g/mol. The van der Waals surface area contributed by atoms with Crippen molar-refractivity contribution in [1.82, 2.24) is 4.98 Å². The molecule has 0 aliphatic carbocycles. The molecule has 1 heterocycles. The molecule has 180 valence electrons. The number of halogens is 5. The number of nitrogens with one attached hydrogen (secondary N) is 3. The van der Waals surface area contributed by atoms with E-state index < -0.39 is 40.9 Å². The predicted molar refractivity (Wildman–Crippen MR) is 121 cm³/mol. The van der Waals surface area contributed by atoms with E-state index in [0.29, 0.717) is 28.2 Å². The third kappa shape index (κ3) is 5.16. The number of rotatable bonds is 5. The molecule has 0 aliphatic rings. The second kappa shape index (κ2) is 9.21. The number of aromatic nitrogens is 1. The maximum absolute atomic E-state index is 13.8. The molecular formula is C25H18F5N3O2. The Morgan fingerprint density at radius 1 is 0.943 bits per heavy atom. The molecule has 5 nitrogen and oxygen atoms in total. The summed E-state index contributed by atoms with van der Waals surface area (Å²) in [6, 6.07) is 11.9. The van der Waals surface area contributed by atoms with Crippen LogP contribution in [-0.2, 0) is 17.4 Å². The summed E-state index contributed by atoms with van der Waals surface area (Å²) >= 11 is 0. The minimum Gasteiger partial charge on any atom is -0.358 e. The minimum absolute atomic E-state index is 0.230. The molecule has 0 unspecified atom stereocenters. The quantitative estimate of drug-likeness (QED) is 0.293.